The van der Waals surface area contributed by atoms with E-state index in [1.54, 1.807) is 11.3 Å². The van der Waals surface area contributed by atoms with Crippen molar-refractivity contribution in [3.63, 3.8) is 0 Å². The summed E-state index contributed by atoms with van der Waals surface area (Å²) in [6, 6.07) is 4.03. The second-order valence-electron chi connectivity index (χ2n) is 7.04. The molecule has 2 atom stereocenters. The second-order valence-corrected chi connectivity index (χ2v) is 7.95. The number of piperazine rings is 1. The molecule has 7 heteroatoms. The van der Waals surface area contributed by atoms with Crippen molar-refractivity contribution in [2.75, 3.05) is 18.0 Å². The molecule has 0 amide bonds. The average Bonchev–Trinajstić information content (AvgIpc) is 2.44. The van der Waals surface area contributed by atoms with Crippen molar-refractivity contribution < 1.29 is 14.7 Å². The molecule has 0 spiro atoms. The fraction of sp³-hybridized carbons (Fsp3) is 0.600. The molecule has 3 saturated heterocycles. The molecular formula is C15H20BrN3O3. The van der Waals surface area contributed by atoms with E-state index in [9.17, 15) is 4.79 Å². The highest BCUT2D eigenvalue weighted by Crippen LogP contribution is 2.52. The quantitative estimate of drug-likeness (QED) is 0.863. The van der Waals surface area contributed by atoms with E-state index < -0.39 is 6.16 Å². The summed E-state index contributed by atoms with van der Waals surface area (Å²) >= 11 is 3.39. The maximum Gasteiger partial charge on any atom is 0.525 e. The van der Waals surface area contributed by atoms with E-state index in [-0.39, 0.29) is 17.0 Å². The highest BCUT2D eigenvalue weighted by molar-refractivity contribution is 9.10. The maximum absolute atomic E-state index is 11.0. The molecule has 0 radical (unpaired) electrons. The van der Waals surface area contributed by atoms with Gasteiger partial charge in [0.05, 0.1) is 11.6 Å². The Labute approximate surface area is 138 Å². The van der Waals surface area contributed by atoms with Crippen LogP contribution in [-0.4, -0.2) is 46.0 Å². The van der Waals surface area contributed by atoms with Gasteiger partial charge in [-0.1, -0.05) is 20.8 Å². The molecule has 3 aliphatic heterocycles. The predicted octanol–water partition coefficient (Wildman–Crippen LogP) is 3.13. The van der Waals surface area contributed by atoms with Crippen LogP contribution in [0.2, 0.25) is 0 Å². The monoisotopic (exact) mass is 369 g/mol. The number of piperidine rings is 1. The molecule has 22 heavy (non-hydrogen) atoms. The van der Waals surface area contributed by atoms with E-state index >= 15 is 0 Å². The van der Waals surface area contributed by atoms with Gasteiger partial charge in [-0.2, -0.15) is 0 Å². The van der Waals surface area contributed by atoms with Crippen LogP contribution in [0.25, 0.3) is 0 Å². The summed E-state index contributed by atoms with van der Waals surface area (Å²) in [5.41, 5.74) is -0.421. The first-order valence-corrected chi connectivity index (χ1v) is 8.09. The van der Waals surface area contributed by atoms with Gasteiger partial charge in [-0.15, -0.1) is 5.06 Å². The molecule has 1 aromatic heterocycles. The fourth-order valence-corrected chi connectivity index (χ4v) is 3.79. The number of carbonyl (C=O) groups is 1. The van der Waals surface area contributed by atoms with Crippen LogP contribution in [-0.2, 0) is 4.84 Å². The van der Waals surface area contributed by atoms with Crippen LogP contribution in [0.1, 0.15) is 27.2 Å². The van der Waals surface area contributed by atoms with Gasteiger partial charge < -0.3 is 14.8 Å². The lowest BCUT2D eigenvalue weighted by molar-refractivity contribution is -0.312. The highest BCUT2D eigenvalue weighted by Gasteiger charge is 2.64. The van der Waals surface area contributed by atoms with Crippen molar-refractivity contribution in [2.45, 2.75) is 38.8 Å². The number of fused-ring (bicyclic) bond motifs is 2. The first-order valence-electron chi connectivity index (χ1n) is 7.30. The molecule has 0 aliphatic carbocycles. The number of hydrogen-bond acceptors (Lipinski definition) is 5. The van der Waals surface area contributed by atoms with Crippen LogP contribution in [0.5, 0.6) is 0 Å². The molecule has 3 aliphatic rings. The highest BCUT2D eigenvalue weighted by atomic mass is 79.9. The number of pyridine rings is 1. The topological polar surface area (TPSA) is 65.9 Å². The summed E-state index contributed by atoms with van der Waals surface area (Å²) in [5, 5.41) is 10.7. The number of aromatic nitrogens is 1. The third-order valence-electron chi connectivity index (χ3n) is 4.82. The standard InChI is InChI=1S/C15H20BrN3O3/c1-14(2,3)15-6-11(19(15)22-13(20)21)8-18(9-15)12-5-4-10(16)7-17-12/h4-5,7,11H,6,8-9H2,1-3H3,(H,20,21). The Balaban J connectivity index is 1.87. The lowest BCUT2D eigenvalue weighted by Crippen LogP contribution is -2.81. The van der Waals surface area contributed by atoms with Crippen molar-refractivity contribution >= 4 is 27.9 Å². The SMILES string of the molecule is CC(C)(C)C12CC(CN(c3ccc(Br)cn3)C1)N2OC(=O)O. The first kappa shape index (κ1) is 15.6. The van der Waals surface area contributed by atoms with Gasteiger partial charge in [0.25, 0.3) is 0 Å². The van der Waals surface area contributed by atoms with Crippen LogP contribution in [0.15, 0.2) is 22.8 Å². The molecule has 120 valence electrons. The summed E-state index contributed by atoms with van der Waals surface area (Å²) < 4.78 is 0.944. The zero-order valence-corrected chi connectivity index (χ0v) is 14.5. The number of halogens is 1. The Kier molecular flexibility index (Phi) is 3.60. The molecule has 3 fully saturated rings. The van der Waals surface area contributed by atoms with Gasteiger partial charge in [0.2, 0.25) is 0 Å². The average molecular weight is 370 g/mol. The molecule has 4 heterocycles. The minimum atomic E-state index is -1.24. The fourth-order valence-electron chi connectivity index (χ4n) is 3.56. The van der Waals surface area contributed by atoms with Gasteiger partial charge in [0.1, 0.15) is 5.82 Å². The van der Waals surface area contributed by atoms with Gasteiger partial charge in [-0.3, -0.25) is 0 Å². The van der Waals surface area contributed by atoms with Crippen molar-refractivity contribution in [2.24, 2.45) is 5.41 Å². The number of hydrogen-bond donors (Lipinski definition) is 1. The zero-order chi connectivity index (χ0) is 16.1. The Morgan fingerprint density at radius 1 is 1.50 bits per heavy atom. The van der Waals surface area contributed by atoms with Crippen LogP contribution in [0, 0.1) is 5.41 Å². The minimum absolute atomic E-state index is 0.0783. The lowest BCUT2D eigenvalue weighted by atomic mass is 9.61. The second kappa shape index (κ2) is 5.09. The third kappa shape index (κ3) is 2.36. The lowest BCUT2D eigenvalue weighted by Gasteiger charge is -2.66. The summed E-state index contributed by atoms with van der Waals surface area (Å²) in [6.07, 6.45) is 1.48. The van der Waals surface area contributed by atoms with E-state index in [1.165, 1.54) is 0 Å². The van der Waals surface area contributed by atoms with Gasteiger partial charge in [-0.25, -0.2) is 9.78 Å². The molecule has 0 saturated carbocycles. The van der Waals surface area contributed by atoms with Crippen LogP contribution in [0.3, 0.4) is 0 Å². The Morgan fingerprint density at radius 2 is 2.23 bits per heavy atom. The zero-order valence-electron chi connectivity index (χ0n) is 12.9. The van der Waals surface area contributed by atoms with Gasteiger partial charge in [0.15, 0.2) is 0 Å². The molecule has 1 aromatic rings. The van der Waals surface area contributed by atoms with Crippen molar-refractivity contribution in [3.8, 4) is 0 Å². The van der Waals surface area contributed by atoms with Crippen molar-refractivity contribution in [1.29, 1.82) is 0 Å². The number of anilines is 1. The Bertz CT molecular complexity index is 587. The van der Waals surface area contributed by atoms with E-state index in [4.69, 9.17) is 9.94 Å². The molecule has 0 aromatic carbocycles. The van der Waals surface area contributed by atoms with Crippen molar-refractivity contribution in [3.05, 3.63) is 22.8 Å². The third-order valence-corrected chi connectivity index (χ3v) is 5.29. The van der Waals surface area contributed by atoms with E-state index in [1.807, 2.05) is 12.1 Å². The molecule has 4 rings (SSSR count). The summed E-state index contributed by atoms with van der Waals surface area (Å²) in [5.74, 6) is 0.913. The number of nitrogens with zero attached hydrogens (tertiary/aromatic N) is 3. The minimum Gasteiger partial charge on any atom is -0.448 e. The smallest absolute Gasteiger partial charge is 0.448 e. The van der Waals surface area contributed by atoms with Gasteiger partial charge >= 0.3 is 6.16 Å². The number of hydroxylamine groups is 2. The summed E-state index contributed by atoms with van der Waals surface area (Å²) in [4.78, 5) is 22.8. The first-order chi connectivity index (χ1) is 10.2. The Morgan fingerprint density at radius 3 is 2.77 bits per heavy atom. The molecule has 1 N–H and O–H groups in total. The predicted molar refractivity (Wildman–Crippen MR) is 85.7 cm³/mol. The van der Waals surface area contributed by atoms with Crippen LogP contribution < -0.4 is 4.90 Å². The number of rotatable bonds is 2. The van der Waals surface area contributed by atoms with Crippen molar-refractivity contribution in [1.82, 2.24) is 10.0 Å². The molecule has 6 nitrogen and oxygen atoms in total. The maximum atomic E-state index is 11.0. The summed E-state index contributed by atoms with van der Waals surface area (Å²) in [7, 11) is 0. The van der Waals surface area contributed by atoms with E-state index in [0.29, 0.717) is 6.54 Å². The van der Waals surface area contributed by atoms with E-state index in [2.05, 4.69) is 46.6 Å². The molecule has 2 unspecified atom stereocenters. The normalized spacial score (nSPS) is 28.2. The van der Waals surface area contributed by atoms with Crippen LogP contribution >= 0.6 is 15.9 Å². The van der Waals surface area contributed by atoms with Gasteiger partial charge in [-0.05, 0) is 39.9 Å². The molecule has 2 bridgehead atoms. The van der Waals surface area contributed by atoms with Crippen LogP contribution in [0.4, 0.5) is 10.6 Å². The van der Waals surface area contributed by atoms with E-state index in [0.717, 1.165) is 23.3 Å². The van der Waals surface area contributed by atoms with Gasteiger partial charge in [0, 0.05) is 23.8 Å². The Hall–Kier alpha value is -1.34. The number of carboxylic acid groups (broad SMARTS) is 1. The largest absolute Gasteiger partial charge is 0.525 e. The summed E-state index contributed by atoms with van der Waals surface area (Å²) in [6.45, 7) is 7.80. The molecular weight excluding hydrogens is 350 g/mol.